The van der Waals surface area contributed by atoms with E-state index in [-0.39, 0.29) is 12.5 Å². The number of unbranched alkanes of at least 4 members (excludes halogenated alkanes) is 23. The van der Waals surface area contributed by atoms with Gasteiger partial charge in [0.05, 0.1) is 32.0 Å². The van der Waals surface area contributed by atoms with Gasteiger partial charge in [0.1, 0.15) is 48.8 Å². The van der Waals surface area contributed by atoms with Crippen LogP contribution >= 0.6 is 0 Å². The first kappa shape index (κ1) is 65.1. The van der Waals surface area contributed by atoms with Crippen LogP contribution in [0.5, 0.6) is 0 Å². The van der Waals surface area contributed by atoms with E-state index in [1.165, 1.54) is 109 Å². The van der Waals surface area contributed by atoms with E-state index in [2.05, 4.69) is 67.8 Å². The van der Waals surface area contributed by atoms with Crippen LogP contribution in [0.15, 0.2) is 48.6 Å². The molecule has 414 valence electrons. The molecule has 12 unspecified atom stereocenters. The van der Waals surface area contributed by atoms with Crippen LogP contribution in [0.2, 0.25) is 0 Å². The highest BCUT2D eigenvalue weighted by Gasteiger charge is 2.51. The number of rotatable bonds is 44. The lowest BCUT2D eigenvalue weighted by atomic mass is 9.97. The maximum absolute atomic E-state index is 13.1. The lowest BCUT2D eigenvalue weighted by molar-refractivity contribution is -0.359. The molecule has 0 aromatic rings. The zero-order chi connectivity index (χ0) is 51.7. The van der Waals surface area contributed by atoms with E-state index in [1.54, 1.807) is 0 Å². The Morgan fingerprint density at radius 2 is 0.972 bits per heavy atom. The second kappa shape index (κ2) is 43.2. The predicted molar refractivity (Wildman–Crippen MR) is 281 cm³/mol. The highest BCUT2D eigenvalue weighted by atomic mass is 16.7. The molecule has 0 saturated carbocycles. The first-order chi connectivity index (χ1) is 34.6. The monoisotopic (exact) mass is 1010 g/mol. The summed E-state index contributed by atoms with van der Waals surface area (Å²) in [7, 11) is 0. The number of nitrogens with one attached hydrogen (secondary N) is 1. The van der Waals surface area contributed by atoms with Gasteiger partial charge < -0.3 is 65.1 Å². The van der Waals surface area contributed by atoms with Crippen LogP contribution in [0.4, 0.5) is 0 Å². The van der Waals surface area contributed by atoms with Crippen LogP contribution in [-0.2, 0) is 23.7 Å². The van der Waals surface area contributed by atoms with Gasteiger partial charge in [0.2, 0.25) is 5.91 Å². The summed E-state index contributed by atoms with van der Waals surface area (Å²) in [5, 5.41) is 86.3. The van der Waals surface area contributed by atoms with Gasteiger partial charge in [-0.05, 0) is 51.4 Å². The van der Waals surface area contributed by atoms with Gasteiger partial charge in [0.15, 0.2) is 12.6 Å². The van der Waals surface area contributed by atoms with Gasteiger partial charge in [0, 0.05) is 6.42 Å². The predicted octanol–water partition coefficient (Wildman–Crippen LogP) is 8.83. The van der Waals surface area contributed by atoms with E-state index in [1.807, 2.05) is 0 Å². The molecule has 71 heavy (non-hydrogen) atoms. The number of aliphatic hydroxyl groups excluding tert-OH is 8. The largest absolute Gasteiger partial charge is 0.394 e. The summed E-state index contributed by atoms with van der Waals surface area (Å²) >= 11 is 0. The van der Waals surface area contributed by atoms with E-state index < -0.39 is 86.8 Å². The molecule has 2 aliphatic heterocycles. The van der Waals surface area contributed by atoms with Crippen LogP contribution in [0.1, 0.15) is 213 Å². The van der Waals surface area contributed by atoms with Crippen molar-refractivity contribution in [2.24, 2.45) is 0 Å². The first-order valence-corrected chi connectivity index (χ1v) is 28.4. The van der Waals surface area contributed by atoms with Crippen LogP contribution in [-0.4, -0.2) is 140 Å². The van der Waals surface area contributed by atoms with Crippen molar-refractivity contribution in [3.8, 4) is 0 Å². The molecule has 0 spiro atoms. The summed E-state index contributed by atoms with van der Waals surface area (Å²) in [6.45, 7) is 2.61. The molecule has 2 fully saturated rings. The third-order valence-electron chi connectivity index (χ3n) is 13.8. The van der Waals surface area contributed by atoms with Gasteiger partial charge in [-0.15, -0.1) is 0 Å². The van der Waals surface area contributed by atoms with Crippen LogP contribution < -0.4 is 5.32 Å². The highest BCUT2D eigenvalue weighted by molar-refractivity contribution is 5.76. The molecule has 14 nitrogen and oxygen atoms in total. The molecule has 2 heterocycles. The molecule has 2 saturated heterocycles. The molecule has 0 bridgehead atoms. The standard InChI is InChI=1S/C57H103NO13/c1-3-5-7-9-10-11-12-13-14-15-16-17-18-19-20-21-22-23-24-25-26-27-28-29-30-31-32-33-34-35-36-37-39-41-49(62)58-45(46(61)40-38-8-6-4-2)44-68-56-54(67)52(65)55(48(43-60)70-56)71-57-53(66)51(64)50(63)47(42-59)69-57/h5,7,10-11,13-14,16-17,45-48,50-57,59-61,63-67H,3-4,6,8-9,12,15,18-44H2,1-2H3,(H,58,62)/b7-5-,11-10-,14-13-,17-16-. The Balaban J connectivity index is 1.52. The number of carbonyl (C=O) groups excluding carboxylic acids is 1. The van der Waals surface area contributed by atoms with Gasteiger partial charge in [-0.1, -0.05) is 204 Å². The molecule has 14 heteroatoms. The zero-order valence-corrected chi connectivity index (χ0v) is 44.2. The number of aliphatic hydroxyl groups is 8. The minimum absolute atomic E-state index is 0.215. The molecular formula is C57H103NO13. The van der Waals surface area contributed by atoms with E-state index in [0.29, 0.717) is 12.8 Å². The van der Waals surface area contributed by atoms with E-state index >= 15 is 0 Å². The Kier molecular flexibility index (Phi) is 39.6. The summed E-state index contributed by atoms with van der Waals surface area (Å²) in [6.07, 6.45) is 36.6. The summed E-state index contributed by atoms with van der Waals surface area (Å²) in [5.41, 5.74) is 0. The van der Waals surface area contributed by atoms with Crippen molar-refractivity contribution in [1.82, 2.24) is 5.32 Å². The topological polar surface area (TPSA) is 228 Å². The van der Waals surface area contributed by atoms with Gasteiger partial charge in [-0.2, -0.15) is 0 Å². The van der Waals surface area contributed by atoms with Crippen molar-refractivity contribution in [2.75, 3.05) is 19.8 Å². The normalized spacial score (nSPS) is 26.1. The number of hydrogen-bond acceptors (Lipinski definition) is 13. The number of carbonyl (C=O) groups is 1. The Hall–Kier alpha value is -2.05. The minimum atomic E-state index is -1.78. The Labute approximate surface area is 429 Å². The molecule has 12 atom stereocenters. The average molecular weight is 1010 g/mol. The third-order valence-corrected chi connectivity index (χ3v) is 13.8. The highest BCUT2D eigenvalue weighted by Crippen LogP contribution is 2.30. The van der Waals surface area contributed by atoms with Crippen molar-refractivity contribution >= 4 is 5.91 Å². The number of ether oxygens (including phenoxy) is 4. The van der Waals surface area contributed by atoms with Crippen molar-refractivity contribution in [3.63, 3.8) is 0 Å². The molecule has 2 aliphatic rings. The minimum Gasteiger partial charge on any atom is -0.394 e. The Bertz CT molecular complexity index is 1380. The van der Waals surface area contributed by atoms with Crippen molar-refractivity contribution in [3.05, 3.63) is 48.6 Å². The molecule has 2 rings (SSSR count). The first-order valence-electron chi connectivity index (χ1n) is 28.4. The van der Waals surface area contributed by atoms with E-state index in [4.69, 9.17) is 18.9 Å². The second-order valence-electron chi connectivity index (χ2n) is 20.0. The molecule has 0 aromatic carbocycles. The number of hydrogen-bond donors (Lipinski definition) is 9. The van der Waals surface area contributed by atoms with Crippen molar-refractivity contribution in [2.45, 2.75) is 286 Å². The number of amides is 1. The molecule has 0 radical (unpaired) electrons. The average Bonchev–Trinajstić information content (AvgIpc) is 3.37. The van der Waals surface area contributed by atoms with Crippen LogP contribution in [0, 0.1) is 0 Å². The van der Waals surface area contributed by atoms with Gasteiger partial charge in [0.25, 0.3) is 0 Å². The lowest BCUT2D eigenvalue weighted by Crippen LogP contribution is -2.65. The van der Waals surface area contributed by atoms with Crippen LogP contribution in [0.3, 0.4) is 0 Å². The Morgan fingerprint density at radius 3 is 1.48 bits per heavy atom. The van der Waals surface area contributed by atoms with E-state index in [0.717, 1.165) is 77.0 Å². The fourth-order valence-corrected chi connectivity index (χ4v) is 9.23. The molecule has 0 aromatic heterocycles. The summed E-state index contributed by atoms with van der Waals surface area (Å²) in [5.74, 6) is -0.215. The summed E-state index contributed by atoms with van der Waals surface area (Å²) in [4.78, 5) is 13.1. The van der Waals surface area contributed by atoms with Crippen molar-refractivity contribution in [1.29, 1.82) is 0 Å². The molecular weight excluding hydrogens is 907 g/mol. The summed E-state index contributed by atoms with van der Waals surface area (Å²) in [6, 6.07) is -0.823. The van der Waals surface area contributed by atoms with Crippen molar-refractivity contribution < 1.29 is 64.6 Å². The number of allylic oxidation sites excluding steroid dienone is 8. The molecule has 9 N–H and O–H groups in total. The van der Waals surface area contributed by atoms with Gasteiger partial charge >= 0.3 is 0 Å². The van der Waals surface area contributed by atoms with Crippen LogP contribution in [0.25, 0.3) is 0 Å². The maximum Gasteiger partial charge on any atom is 0.220 e. The zero-order valence-electron chi connectivity index (χ0n) is 44.2. The molecule has 1 amide bonds. The van der Waals surface area contributed by atoms with E-state index in [9.17, 15) is 45.6 Å². The molecule has 0 aliphatic carbocycles. The Morgan fingerprint density at radius 1 is 0.521 bits per heavy atom. The second-order valence-corrected chi connectivity index (χ2v) is 20.0. The maximum atomic E-state index is 13.1. The fraction of sp³-hybridized carbons (Fsp3) is 0.842. The third kappa shape index (κ3) is 29.6. The lowest BCUT2D eigenvalue weighted by Gasteiger charge is -2.46. The quantitative estimate of drug-likeness (QED) is 0.0206. The SMILES string of the molecule is CC/C=C\C/C=C\C/C=C\C/C=C\CCCCCCCCCCCCCCCCCCCCCCC(=O)NC(COC1OC(CO)C(OC2OC(CO)C(O)C(O)C2O)C(O)C1O)C(O)CCCCCC. The summed E-state index contributed by atoms with van der Waals surface area (Å²) < 4.78 is 22.6. The fourth-order valence-electron chi connectivity index (χ4n) is 9.23. The smallest absolute Gasteiger partial charge is 0.220 e. The van der Waals surface area contributed by atoms with Gasteiger partial charge in [-0.25, -0.2) is 0 Å². The van der Waals surface area contributed by atoms with Gasteiger partial charge in [-0.3, -0.25) is 4.79 Å².